The third-order valence-corrected chi connectivity index (χ3v) is 3.24. The predicted molar refractivity (Wildman–Crippen MR) is 65.5 cm³/mol. The highest BCUT2D eigenvalue weighted by Gasteiger charge is 2.23. The molecule has 3 N–H and O–H groups in total. The fourth-order valence-electron chi connectivity index (χ4n) is 2.10. The summed E-state index contributed by atoms with van der Waals surface area (Å²) in [5, 5.41) is 21.9. The molecule has 0 radical (unpaired) electrons. The highest BCUT2D eigenvalue weighted by molar-refractivity contribution is 4.81. The van der Waals surface area contributed by atoms with Gasteiger partial charge in [-0.05, 0) is 45.8 Å². The lowest BCUT2D eigenvalue weighted by Crippen LogP contribution is -2.48. The zero-order valence-electron chi connectivity index (χ0n) is 10.6. The van der Waals surface area contributed by atoms with Crippen LogP contribution in [-0.2, 0) is 0 Å². The Hall–Kier alpha value is -0.160. The maximum absolute atomic E-state index is 9.67. The number of piperidine rings is 1. The second kappa shape index (κ2) is 6.55. The number of hydrogen-bond acceptors (Lipinski definition) is 4. The van der Waals surface area contributed by atoms with Crippen LogP contribution in [0.4, 0.5) is 0 Å². The molecule has 0 aromatic heterocycles. The van der Waals surface area contributed by atoms with Crippen LogP contribution in [0, 0.1) is 0 Å². The summed E-state index contributed by atoms with van der Waals surface area (Å²) in [7, 11) is 0. The Morgan fingerprint density at radius 2 is 2.00 bits per heavy atom. The lowest BCUT2D eigenvalue weighted by molar-refractivity contribution is -0.000918. The van der Waals surface area contributed by atoms with Crippen molar-refractivity contribution >= 4 is 0 Å². The van der Waals surface area contributed by atoms with Crippen molar-refractivity contribution < 1.29 is 10.2 Å². The minimum atomic E-state index is -0.986. The lowest BCUT2D eigenvalue weighted by Gasteiger charge is -2.33. The van der Waals surface area contributed by atoms with Gasteiger partial charge < -0.3 is 20.4 Å². The highest BCUT2D eigenvalue weighted by atomic mass is 16.3. The van der Waals surface area contributed by atoms with Crippen molar-refractivity contribution in [3.05, 3.63) is 0 Å². The maximum Gasteiger partial charge on any atom is 0.0972 e. The summed E-state index contributed by atoms with van der Waals surface area (Å²) in [6.07, 6.45) is 3.50. The molecule has 0 amide bonds. The van der Waals surface area contributed by atoms with Gasteiger partial charge in [0.25, 0.3) is 0 Å². The summed E-state index contributed by atoms with van der Waals surface area (Å²) in [4.78, 5) is 2.49. The van der Waals surface area contributed by atoms with Gasteiger partial charge in [-0.25, -0.2) is 0 Å². The molecule has 1 unspecified atom stereocenters. The highest BCUT2D eigenvalue weighted by Crippen LogP contribution is 2.11. The van der Waals surface area contributed by atoms with Gasteiger partial charge in [0.05, 0.1) is 12.2 Å². The Labute approximate surface area is 98.6 Å². The third kappa shape index (κ3) is 4.78. The molecule has 1 rings (SSSR count). The number of likely N-dealkylation sites (tertiary alicyclic amines) is 1. The van der Waals surface area contributed by atoms with E-state index in [0.29, 0.717) is 12.6 Å². The molecule has 4 nitrogen and oxygen atoms in total. The largest absolute Gasteiger partial charge is 0.393 e. The van der Waals surface area contributed by atoms with Crippen molar-refractivity contribution in [3.63, 3.8) is 0 Å². The normalized spacial score (nSPS) is 23.2. The third-order valence-electron chi connectivity index (χ3n) is 3.24. The van der Waals surface area contributed by atoms with Crippen LogP contribution in [0.2, 0.25) is 0 Å². The van der Waals surface area contributed by atoms with Crippen molar-refractivity contribution in [3.8, 4) is 0 Å². The second-order valence-corrected chi connectivity index (χ2v) is 5.15. The second-order valence-electron chi connectivity index (χ2n) is 5.15. The van der Waals surface area contributed by atoms with Crippen molar-refractivity contribution in [1.82, 2.24) is 10.2 Å². The zero-order valence-corrected chi connectivity index (χ0v) is 10.6. The van der Waals surface area contributed by atoms with Crippen LogP contribution < -0.4 is 5.32 Å². The molecule has 1 fully saturated rings. The molecular weight excluding hydrogens is 204 g/mol. The lowest BCUT2D eigenvalue weighted by atomic mass is 10.0. The summed E-state index contributed by atoms with van der Waals surface area (Å²) < 4.78 is 0. The molecule has 0 aromatic carbocycles. The van der Waals surface area contributed by atoms with Crippen molar-refractivity contribution in [2.24, 2.45) is 0 Å². The van der Waals surface area contributed by atoms with Crippen LogP contribution >= 0.6 is 0 Å². The Balaban J connectivity index is 2.17. The summed E-state index contributed by atoms with van der Waals surface area (Å²) in [6.45, 7) is 7.65. The van der Waals surface area contributed by atoms with E-state index >= 15 is 0 Å². The van der Waals surface area contributed by atoms with E-state index in [9.17, 15) is 5.11 Å². The Morgan fingerprint density at radius 3 is 2.50 bits per heavy atom. The molecule has 0 aliphatic carbocycles. The monoisotopic (exact) mass is 230 g/mol. The molecule has 0 aromatic rings. The molecule has 0 bridgehead atoms. The molecule has 1 saturated heterocycles. The van der Waals surface area contributed by atoms with E-state index in [1.807, 2.05) is 0 Å². The Morgan fingerprint density at radius 1 is 1.38 bits per heavy atom. The van der Waals surface area contributed by atoms with Crippen LogP contribution in [0.15, 0.2) is 0 Å². The van der Waals surface area contributed by atoms with Crippen LogP contribution in [0.1, 0.15) is 33.1 Å². The molecule has 16 heavy (non-hydrogen) atoms. The molecule has 1 heterocycles. The maximum atomic E-state index is 9.67. The van der Waals surface area contributed by atoms with Gasteiger partial charge in [-0.2, -0.15) is 0 Å². The van der Waals surface area contributed by atoms with Gasteiger partial charge >= 0.3 is 0 Å². The molecular formula is C12H26N2O2. The van der Waals surface area contributed by atoms with Crippen LogP contribution in [0.5, 0.6) is 0 Å². The van der Waals surface area contributed by atoms with Crippen LogP contribution in [-0.4, -0.2) is 59.5 Å². The topological polar surface area (TPSA) is 55.7 Å². The van der Waals surface area contributed by atoms with Gasteiger partial charge in [0, 0.05) is 12.6 Å². The zero-order chi connectivity index (χ0) is 12.0. The molecule has 0 spiro atoms. The number of hydrogen-bond donors (Lipinski definition) is 3. The molecule has 0 saturated carbocycles. The first-order chi connectivity index (χ1) is 7.57. The number of rotatable bonds is 6. The molecule has 1 aliphatic rings. The summed E-state index contributed by atoms with van der Waals surface area (Å²) >= 11 is 0. The van der Waals surface area contributed by atoms with Crippen molar-refractivity contribution in [2.45, 2.75) is 44.8 Å². The average molecular weight is 230 g/mol. The van der Waals surface area contributed by atoms with E-state index < -0.39 is 5.60 Å². The minimum absolute atomic E-state index is 0.186. The van der Waals surface area contributed by atoms with E-state index in [4.69, 9.17) is 5.11 Å². The van der Waals surface area contributed by atoms with E-state index in [1.165, 1.54) is 13.0 Å². The summed E-state index contributed by atoms with van der Waals surface area (Å²) in [5.74, 6) is 0. The van der Waals surface area contributed by atoms with Gasteiger partial charge in [-0.15, -0.1) is 0 Å². The number of nitrogens with zero attached hydrogens (tertiary/aromatic N) is 1. The van der Waals surface area contributed by atoms with Gasteiger partial charge in [0.15, 0.2) is 0 Å². The summed E-state index contributed by atoms with van der Waals surface area (Å²) in [5.41, 5.74) is -0.986. The predicted octanol–water partition coefficient (Wildman–Crippen LogP) is 0.194. The minimum Gasteiger partial charge on any atom is -0.393 e. The molecule has 4 heteroatoms. The van der Waals surface area contributed by atoms with Gasteiger partial charge in [-0.1, -0.05) is 6.92 Å². The van der Waals surface area contributed by atoms with Crippen LogP contribution in [0.25, 0.3) is 0 Å². The average Bonchev–Trinajstić information content (AvgIpc) is 2.29. The van der Waals surface area contributed by atoms with E-state index in [0.717, 1.165) is 25.9 Å². The first-order valence-electron chi connectivity index (χ1n) is 6.36. The number of aliphatic hydroxyl groups excluding tert-OH is 1. The first-order valence-corrected chi connectivity index (χ1v) is 6.36. The van der Waals surface area contributed by atoms with E-state index in [-0.39, 0.29) is 6.61 Å². The van der Waals surface area contributed by atoms with Gasteiger partial charge in [0.2, 0.25) is 0 Å². The SMILES string of the molecule is CCCN1CCC(NCC(C)(O)CO)CC1. The van der Waals surface area contributed by atoms with Crippen molar-refractivity contribution in [2.75, 3.05) is 32.8 Å². The fraction of sp³-hybridized carbons (Fsp3) is 1.00. The Bertz CT molecular complexity index is 189. The first kappa shape index (κ1) is 13.9. The molecule has 1 aliphatic heterocycles. The van der Waals surface area contributed by atoms with Gasteiger partial charge in [-0.3, -0.25) is 0 Å². The smallest absolute Gasteiger partial charge is 0.0972 e. The van der Waals surface area contributed by atoms with Crippen molar-refractivity contribution in [1.29, 1.82) is 0 Å². The van der Waals surface area contributed by atoms with E-state index in [2.05, 4.69) is 17.1 Å². The number of nitrogens with one attached hydrogen (secondary N) is 1. The van der Waals surface area contributed by atoms with Crippen LogP contribution in [0.3, 0.4) is 0 Å². The fourth-order valence-corrected chi connectivity index (χ4v) is 2.10. The Kier molecular flexibility index (Phi) is 5.69. The quantitative estimate of drug-likeness (QED) is 0.610. The molecule has 96 valence electrons. The standard InChI is InChI=1S/C12H26N2O2/c1-3-6-14-7-4-11(5-8-14)13-9-12(2,16)10-15/h11,13,15-16H,3-10H2,1-2H3. The summed E-state index contributed by atoms with van der Waals surface area (Å²) in [6, 6.07) is 0.492. The molecule has 1 atom stereocenters. The number of aliphatic hydroxyl groups is 2. The van der Waals surface area contributed by atoms with E-state index in [1.54, 1.807) is 6.92 Å². The van der Waals surface area contributed by atoms with Gasteiger partial charge in [0.1, 0.15) is 0 Å².